The molecule has 3 aliphatic heterocycles. The van der Waals surface area contributed by atoms with E-state index < -0.39 is 48.0 Å². The Hall–Kier alpha value is -5.47. The first-order valence-electron chi connectivity index (χ1n) is 18.3. The molecule has 5 atom stereocenters. The van der Waals surface area contributed by atoms with Crippen LogP contribution in [0.1, 0.15) is 68.9 Å². The van der Waals surface area contributed by atoms with Gasteiger partial charge in [0.15, 0.2) is 11.6 Å². The highest BCUT2D eigenvalue weighted by Crippen LogP contribution is 2.32. The zero-order valence-corrected chi connectivity index (χ0v) is 30.3. The quantitative estimate of drug-likeness (QED) is 0.230. The third-order valence-corrected chi connectivity index (χ3v) is 9.43. The number of benzene rings is 2. The van der Waals surface area contributed by atoms with Gasteiger partial charge in [0.1, 0.15) is 43.6 Å². The molecule has 4 heterocycles. The van der Waals surface area contributed by atoms with Crippen LogP contribution >= 0.6 is 0 Å². The Bertz CT molecular complexity index is 1780. The molecule has 282 valence electrons. The molecule has 0 radical (unpaired) electrons. The number of nitrogens with one attached hydrogen (secondary N) is 5. The highest BCUT2D eigenvalue weighted by atomic mass is 16.6. The average molecular weight is 729 g/mol. The van der Waals surface area contributed by atoms with Gasteiger partial charge in [0, 0.05) is 12.8 Å². The van der Waals surface area contributed by atoms with E-state index in [4.69, 9.17) is 19.6 Å². The molecule has 1 aliphatic carbocycles. The Morgan fingerprint density at radius 1 is 0.906 bits per heavy atom. The van der Waals surface area contributed by atoms with Crippen LogP contribution in [-0.4, -0.2) is 81.9 Å². The van der Waals surface area contributed by atoms with Gasteiger partial charge in [0.25, 0.3) is 0 Å². The molecular formula is C38H48N8O7. The summed E-state index contributed by atoms with van der Waals surface area (Å²) in [5.41, 5.74) is 1.64. The van der Waals surface area contributed by atoms with Gasteiger partial charge < -0.3 is 36.1 Å². The zero-order valence-electron chi connectivity index (χ0n) is 30.3. The number of rotatable bonds is 8. The molecule has 3 aromatic rings. The van der Waals surface area contributed by atoms with Gasteiger partial charge in [-0.05, 0) is 67.7 Å². The maximum absolute atomic E-state index is 13.9. The van der Waals surface area contributed by atoms with E-state index in [2.05, 4.69) is 40.4 Å². The Labute approximate surface area is 308 Å². The van der Waals surface area contributed by atoms with Gasteiger partial charge in [0.05, 0.1) is 12.1 Å². The number of aromatic nitrogens is 3. The van der Waals surface area contributed by atoms with E-state index in [1.807, 2.05) is 30.3 Å². The lowest BCUT2D eigenvalue weighted by Gasteiger charge is -2.25. The van der Waals surface area contributed by atoms with Gasteiger partial charge in [-0.3, -0.25) is 19.2 Å². The summed E-state index contributed by atoms with van der Waals surface area (Å²) >= 11 is 0. The van der Waals surface area contributed by atoms with E-state index in [9.17, 15) is 24.0 Å². The predicted molar refractivity (Wildman–Crippen MR) is 192 cm³/mol. The minimum absolute atomic E-state index is 0.0866. The molecule has 2 bridgehead atoms. The minimum Gasteiger partial charge on any atom is -0.491 e. The standard InChI is InChI=1S/C38H48N8O7/c1-22(2)15-27-20-52-28-13-11-25(12-14-28)17-30(42-37(50)31-21-53-38(51)43-31)36(49)39-23(3)35(48)41-29(16-24-7-5-4-6-8-24)34-44-32(18-26-9-10-26)45-46(34)19-33(47)40-27/h4-8,11-14,22-23,26-27,29-31H,9-10,15-21H2,1-3H3,(H,39,49)(H,40,47)(H,41,48)(H,42,50)(H,43,51)/t23-,27+,29-,30+,31+/m1/s1. The lowest BCUT2D eigenvalue weighted by molar-refractivity contribution is -0.132. The third kappa shape index (κ3) is 10.5. The normalized spacial score (nSPS) is 24.2. The van der Waals surface area contributed by atoms with E-state index in [0.717, 1.165) is 18.4 Å². The van der Waals surface area contributed by atoms with Crippen LogP contribution in [0, 0.1) is 11.8 Å². The Morgan fingerprint density at radius 2 is 1.66 bits per heavy atom. The van der Waals surface area contributed by atoms with Crippen LogP contribution in [0.4, 0.5) is 4.79 Å². The molecule has 5 amide bonds. The Kier molecular flexibility index (Phi) is 11.9. The number of carbonyl (C=O) groups is 5. The van der Waals surface area contributed by atoms with Crippen LogP contribution in [0.3, 0.4) is 0 Å². The van der Waals surface area contributed by atoms with Crippen molar-refractivity contribution in [2.45, 2.75) is 96.1 Å². The molecule has 15 nitrogen and oxygen atoms in total. The number of alkyl carbamates (subject to hydrolysis) is 1. The molecule has 2 aromatic carbocycles. The summed E-state index contributed by atoms with van der Waals surface area (Å²) in [5.74, 6) is 0.441. The summed E-state index contributed by atoms with van der Waals surface area (Å²) in [6.07, 6.45) is 3.25. The van der Waals surface area contributed by atoms with Gasteiger partial charge in [-0.2, -0.15) is 5.10 Å². The van der Waals surface area contributed by atoms with Gasteiger partial charge >= 0.3 is 6.09 Å². The molecule has 53 heavy (non-hydrogen) atoms. The first-order valence-corrected chi connectivity index (χ1v) is 18.3. The molecular weight excluding hydrogens is 680 g/mol. The van der Waals surface area contributed by atoms with Crippen LogP contribution in [0.5, 0.6) is 5.75 Å². The molecule has 2 fully saturated rings. The average Bonchev–Trinajstić information content (AvgIpc) is 3.69. The maximum Gasteiger partial charge on any atom is 0.407 e. The van der Waals surface area contributed by atoms with E-state index in [1.165, 1.54) is 0 Å². The number of hydrogen-bond donors (Lipinski definition) is 5. The fourth-order valence-corrected chi connectivity index (χ4v) is 6.49. The number of hydrogen-bond acceptors (Lipinski definition) is 9. The number of fused-ring (bicyclic) bond motifs is 14. The Morgan fingerprint density at radius 3 is 2.34 bits per heavy atom. The lowest BCUT2D eigenvalue weighted by Crippen LogP contribution is -2.56. The highest BCUT2D eigenvalue weighted by molar-refractivity contribution is 5.94. The van der Waals surface area contributed by atoms with Crippen LogP contribution in [0.25, 0.3) is 0 Å². The summed E-state index contributed by atoms with van der Waals surface area (Å²) in [6, 6.07) is 12.6. The summed E-state index contributed by atoms with van der Waals surface area (Å²) in [4.78, 5) is 70.9. The maximum atomic E-state index is 13.9. The van der Waals surface area contributed by atoms with E-state index in [1.54, 1.807) is 35.9 Å². The molecule has 0 unspecified atom stereocenters. The topological polar surface area (TPSA) is 195 Å². The first-order chi connectivity index (χ1) is 25.5. The number of ether oxygens (including phenoxy) is 2. The van der Waals surface area contributed by atoms with E-state index >= 15 is 0 Å². The fraction of sp³-hybridized carbons (Fsp3) is 0.500. The molecule has 4 aliphatic rings. The SMILES string of the molecule is CC(C)C[C@H]1COc2ccc(cc2)C[C@H](NC(=O)[C@@H]2COC(=O)N2)C(=O)N[C@H](C)C(=O)N[C@H](Cc2ccccc2)c2nc(CC3CC3)nn2CC(=O)N1. The molecule has 7 rings (SSSR count). The summed E-state index contributed by atoms with van der Waals surface area (Å²) in [7, 11) is 0. The third-order valence-electron chi connectivity index (χ3n) is 9.43. The van der Waals surface area contributed by atoms with E-state index in [0.29, 0.717) is 48.1 Å². The second-order valence-corrected chi connectivity index (χ2v) is 14.6. The monoisotopic (exact) mass is 728 g/mol. The molecule has 1 aromatic heterocycles. The van der Waals surface area contributed by atoms with Crippen molar-refractivity contribution in [2.24, 2.45) is 11.8 Å². The van der Waals surface area contributed by atoms with Gasteiger partial charge in [-0.1, -0.05) is 56.3 Å². The molecule has 1 saturated heterocycles. The fourth-order valence-electron chi connectivity index (χ4n) is 6.49. The van der Waals surface area contributed by atoms with Crippen LogP contribution in [0.2, 0.25) is 0 Å². The number of nitrogens with zero attached hydrogens (tertiary/aromatic N) is 3. The van der Waals surface area contributed by atoms with Crippen molar-refractivity contribution in [2.75, 3.05) is 13.2 Å². The van der Waals surface area contributed by atoms with E-state index in [-0.39, 0.29) is 44.0 Å². The molecule has 1 saturated carbocycles. The molecule has 5 N–H and O–H groups in total. The molecule has 15 heteroatoms. The second kappa shape index (κ2) is 16.9. The van der Waals surface area contributed by atoms with Crippen molar-refractivity contribution < 1.29 is 33.4 Å². The lowest BCUT2D eigenvalue weighted by atomic mass is 10.0. The van der Waals surface area contributed by atoms with Crippen molar-refractivity contribution in [1.82, 2.24) is 41.3 Å². The van der Waals surface area contributed by atoms with Crippen molar-refractivity contribution in [3.05, 3.63) is 77.4 Å². The first kappa shape index (κ1) is 37.3. The van der Waals surface area contributed by atoms with Crippen LogP contribution in [0.15, 0.2) is 54.6 Å². The van der Waals surface area contributed by atoms with Crippen LogP contribution < -0.4 is 31.3 Å². The predicted octanol–water partition coefficient (Wildman–Crippen LogP) is 1.89. The van der Waals surface area contributed by atoms with Gasteiger partial charge in [-0.15, -0.1) is 0 Å². The number of amides is 5. The van der Waals surface area contributed by atoms with Gasteiger partial charge in [-0.25, -0.2) is 14.5 Å². The second-order valence-electron chi connectivity index (χ2n) is 14.6. The highest BCUT2D eigenvalue weighted by Gasteiger charge is 2.34. The number of carbonyl (C=O) groups excluding carboxylic acids is 5. The largest absolute Gasteiger partial charge is 0.491 e. The Balaban J connectivity index is 1.32. The molecule has 0 spiro atoms. The van der Waals surface area contributed by atoms with Crippen LogP contribution in [-0.2, 0) is 49.7 Å². The smallest absolute Gasteiger partial charge is 0.407 e. The number of cyclic esters (lactones) is 1. The van der Waals surface area contributed by atoms with Crippen molar-refractivity contribution in [3.63, 3.8) is 0 Å². The minimum atomic E-state index is -1.09. The van der Waals surface area contributed by atoms with Crippen molar-refractivity contribution in [3.8, 4) is 5.75 Å². The summed E-state index contributed by atoms with van der Waals surface area (Å²) < 4.78 is 12.6. The zero-order chi connectivity index (χ0) is 37.5. The van der Waals surface area contributed by atoms with Gasteiger partial charge in [0.2, 0.25) is 23.6 Å². The summed E-state index contributed by atoms with van der Waals surface area (Å²) in [5, 5.41) is 18.9. The van der Waals surface area contributed by atoms with Crippen molar-refractivity contribution >= 4 is 29.7 Å². The summed E-state index contributed by atoms with van der Waals surface area (Å²) in [6.45, 7) is 5.65. The van der Waals surface area contributed by atoms with Crippen molar-refractivity contribution in [1.29, 1.82) is 0 Å².